The number of hydrogen-bond donors (Lipinski definition) is 1. The highest BCUT2D eigenvalue weighted by molar-refractivity contribution is 5.59. The minimum atomic E-state index is -2.80. The third-order valence-electron chi connectivity index (χ3n) is 4.34. The van der Waals surface area contributed by atoms with E-state index in [1.807, 2.05) is 19.1 Å². The molecule has 1 unspecified atom stereocenters. The van der Waals surface area contributed by atoms with Crippen LogP contribution in [0, 0.1) is 12.8 Å². The van der Waals surface area contributed by atoms with Gasteiger partial charge in [-0.15, -0.1) is 0 Å². The maximum atomic E-state index is 13.3. The lowest BCUT2D eigenvalue weighted by molar-refractivity contribution is -0.00685. The first-order valence-electron chi connectivity index (χ1n) is 8.45. The molecule has 0 aliphatic heterocycles. The molecule has 1 aromatic heterocycles. The normalized spacial score (nSPS) is 14.4. The minimum absolute atomic E-state index is 0.438. The zero-order valence-electron chi connectivity index (χ0n) is 15.0. The first-order valence-corrected chi connectivity index (χ1v) is 8.45. The molecule has 0 aliphatic carbocycles. The van der Waals surface area contributed by atoms with E-state index in [0.717, 1.165) is 25.5 Å². The number of rotatable bonds is 9. The molecule has 0 amide bonds. The summed E-state index contributed by atoms with van der Waals surface area (Å²) in [6.45, 7) is 12.6. The van der Waals surface area contributed by atoms with E-state index in [2.05, 4.69) is 30.7 Å². The van der Waals surface area contributed by atoms with Crippen LogP contribution in [0.3, 0.4) is 0 Å². The van der Waals surface area contributed by atoms with Gasteiger partial charge in [0.25, 0.3) is 5.92 Å². The van der Waals surface area contributed by atoms with Crippen LogP contribution in [0.5, 0.6) is 0 Å². The fourth-order valence-corrected chi connectivity index (χ4v) is 2.52. The fourth-order valence-electron chi connectivity index (χ4n) is 2.52. The van der Waals surface area contributed by atoms with E-state index in [0.29, 0.717) is 17.3 Å². The van der Waals surface area contributed by atoms with E-state index in [-0.39, 0.29) is 0 Å². The molecule has 0 spiro atoms. The van der Waals surface area contributed by atoms with Crippen LogP contribution in [0.2, 0.25) is 0 Å². The number of nitrogens with zero attached hydrogens (tertiary/aromatic N) is 1. The van der Waals surface area contributed by atoms with Gasteiger partial charge in [-0.3, -0.25) is 4.98 Å². The van der Waals surface area contributed by atoms with Crippen molar-refractivity contribution in [3.8, 4) is 0 Å². The fraction of sp³-hybridized carbons (Fsp3) is 0.632. The predicted octanol–water partition coefficient (Wildman–Crippen LogP) is 5.36. The van der Waals surface area contributed by atoms with Gasteiger partial charge in [0.1, 0.15) is 0 Å². The van der Waals surface area contributed by atoms with Gasteiger partial charge in [0.2, 0.25) is 0 Å². The summed E-state index contributed by atoms with van der Waals surface area (Å²) in [6.07, 6.45) is 4.61. The number of aryl methyl sites for hydroxylation is 2. The average Bonchev–Trinajstić information content (AvgIpc) is 2.45. The Hall–Kier alpha value is -1.45. The molecule has 1 aromatic rings. The highest BCUT2D eigenvalue weighted by Crippen LogP contribution is 2.21. The predicted molar refractivity (Wildman–Crippen MR) is 93.6 cm³/mol. The largest absolute Gasteiger partial charge is 0.375 e. The molecule has 1 N–H and O–H groups in total. The van der Waals surface area contributed by atoms with Gasteiger partial charge >= 0.3 is 0 Å². The molecule has 1 rings (SSSR count). The zero-order chi connectivity index (χ0) is 17.6. The Kier molecular flexibility index (Phi) is 7.17. The molecule has 0 fully saturated rings. The highest BCUT2D eigenvalue weighted by atomic mass is 19.3. The lowest BCUT2D eigenvalue weighted by atomic mass is 9.96. The average molecular weight is 324 g/mol. The lowest BCUT2D eigenvalue weighted by Crippen LogP contribution is -2.39. The zero-order valence-corrected chi connectivity index (χ0v) is 15.0. The topological polar surface area (TPSA) is 24.9 Å². The molecular weight excluding hydrogens is 294 g/mol. The molecule has 0 radical (unpaired) electrons. The van der Waals surface area contributed by atoms with Crippen LogP contribution in [-0.4, -0.2) is 16.9 Å². The van der Waals surface area contributed by atoms with Crippen molar-refractivity contribution in [2.75, 3.05) is 0 Å². The first kappa shape index (κ1) is 19.6. The van der Waals surface area contributed by atoms with E-state index in [1.54, 1.807) is 0 Å². The van der Waals surface area contributed by atoms with Crippen LogP contribution in [0.4, 0.5) is 8.78 Å². The molecule has 0 saturated heterocycles. The molecular formula is C19H30F2N2. The molecule has 1 heterocycles. The maximum absolute atomic E-state index is 13.3. The van der Waals surface area contributed by atoms with E-state index in [1.165, 1.54) is 25.3 Å². The van der Waals surface area contributed by atoms with E-state index < -0.39 is 12.0 Å². The number of nitrogens with one attached hydrogen (secondary N) is 1. The Morgan fingerprint density at radius 3 is 2.48 bits per heavy atom. The summed E-state index contributed by atoms with van der Waals surface area (Å²) in [4.78, 5) is 4.53. The highest BCUT2D eigenvalue weighted by Gasteiger charge is 2.30. The second-order valence-corrected chi connectivity index (χ2v) is 6.67. The Morgan fingerprint density at radius 2 is 1.96 bits per heavy atom. The third-order valence-corrected chi connectivity index (χ3v) is 4.34. The van der Waals surface area contributed by atoms with Gasteiger partial charge in [-0.25, -0.2) is 8.78 Å². The summed E-state index contributed by atoms with van der Waals surface area (Å²) in [6, 6.07) is 2.92. The molecule has 130 valence electrons. The standard InChI is InChI=1S/C19H30F2N2/c1-7-8-13(2)9-10-17-11-12-18(23-14(17)3)15(4)22-16(5)19(6,20)21/h11-13,16,22H,4,7-10H2,1-3,5-6H3/t13?,16-/m1/s1. The molecule has 0 aliphatic rings. The number of halogens is 2. The molecule has 23 heavy (non-hydrogen) atoms. The summed E-state index contributed by atoms with van der Waals surface area (Å²) in [5, 5.41) is 2.74. The Labute approximate surface area is 139 Å². The van der Waals surface area contributed by atoms with Crippen LogP contribution in [0.1, 0.15) is 63.9 Å². The number of pyridine rings is 1. The molecule has 2 nitrogen and oxygen atoms in total. The van der Waals surface area contributed by atoms with Gasteiger partial charge in [-0.1, -0.05) is 39.3 Å². The van der Waals surface area contributed by atoms with Crippen molar-refractivity contribution in [3.05, 3.63) is 35.7 Å². The lowest BCUT2D eigenvalue weighted by Gasteiger charge is -2.23. The Bertz CT molecular complexity index is 521. The van der Waals surface area contributed by atoms with Crippen molar-refractivity contribution in [1.82, 2.24) is 10.3 Å². The number of aromatic nitrogens is 1. The maximum Gasteiger partial charge on any atom is 0.264 e. The minimum Gasteiger partial charge on any atom is -0.375 e. The Balaban J connectivity index is 2.70. The Morgan fingerprint density at radius 1 is 1.30 bits per heavy atom. The molecule has 2 atom stereocenters. The van der Waals surface area contributed by atoms with Crippen molar-refractivity contribution in [1.29, 1.82) is 0 Å². The van der Waals surface area contributed by atoms with E-state index in [4.69, 9.17) is 0 Å². The van der Waals surface area contributed by atoms with Crippen LogP contribution in [0.25, 0.3) is 5.70 Å². The van der Waals surface area contributed by atoms with Crippen LogP contribution >= 0.6 is 0 Å². The monoisotopic (exact) mass is 324 g/mol. The second-order valence-electron chi connectivity index (χ2n) is 6.67. The van der Waals surface area contributed by atoms with Gasteiger partial charge in [0.15, 0.2) is 0 Å². The van der Waals surface area contributed by atoms with Gasteiger partial charge < -0.3 is 5.32 Å². The van der Waals surface area contributed by atoms with E-state index >= 15 is 0 Å². The molecule has 4 heteroatoms. The first-order chi connectivity index (χ1) is 10.6. The van der Waals surface area contributed by atoms with Crippen LogP contribution in [-0.2, 0) is 6.42 Å². The van der Waals surface area contributed by atoms with Gasteiger partial charge in [-0.05, 0) is 44.2 Å². The SMILES string of the molecule is C=C(N[C@H](C)C(C)(F)F)c1ccc(CCC(C)CCC)c(C)n1. The number of hydrogen-bond acceptors (Lipinski definition) is 2. The van der Waals surface area contributed by atoms with Crippen molar-refractivity contribution in [2.24, 2.45) is 5.92 Å². The van der Waals surface area contributed by atoms with Gasteiger partial charge in [0.05, 0.1) is 17.4 Å². The summed E-state index contributed by atoms with van der Waals surface area (Å²) in [5.41, 5.74) is 3.24. The summed E-state index contributed by atoms with van der Waals surface area (Å²) in [5.74, 6) is -2.09. The molecule has 0 bridgehead atoms. The van der Waals surface area contributed by atoms with Gasteiger partial charge in [0, 0.05) is 12.6 Å². The van der Waals surface area contributed by atoms with Crippen molar-refractivity contribution in [2.45, 2.75) is 72.3 Å². The van der Waals surface area contributed by atoms with Crippen LogP contribution < -0.4 is 5.32 Å². The van der Waals surface area contributed by atoms with Crippen molar-refractivity contribution < 1.29 is 8.78 Å². The smallest absolute Gasteiger partial charge is 0.264 e. The third kappa shape index (κ3) is 6.28. The second kappa shape index (κ2) is 8.42. The van der Waals surface area contributed by atoms with Crippen LogP contribution in [0.15, 0.2) is 18.7 Å². The van der Waals surface area contributed by atoms with Crippen molar-refractivity contribution in [3.63, 3.8) is 0 Å². The summed E-state index contributed by atoms with van der Waals surface area (Å²) in [7, 11) is 0. The molecule has 0 saturated carbocycles. The van der Waals surface area contributed by atoms with E-state index in [9.17, 15) is 8.78 Å². The quantitative estimate of drug-likeness (QED) is 0.661. The molecule has 0 aromatic carbocycles. The van der Waals surface area contributed by atoms with Gasteiger partial charge in [-0.2, -0.15) is 0 Å². The summed E-state index contributed by atoms with van der Waals surface area (Å²) >= 11 is 0. The van der Waals surface area contributed by atoms with Crippen molar-refractivity contribution >= 4 is 5.70 Å². The summed E-state index contributed by atoms with van der Waals surface area (Å²) < 4.78 is 26.5. The number of alkyl halides is 2.